The molecule has 0 aliphatic carbocycles. The first-order valence-electron chi connectivity index (χ1n) is 6.26. The molecule has 2 aromatic carbocycles. The Morgan fingerprint density at radius 2 is 1.68 bits per heavy atom. The molecular weight excluding hydrogens is 252 g/mol. The van der Waals surface area contributed by atoms with Crippen LogP contribution in [0.5, 0.6) is 0 Å². The summed E-state index contributed by atoms with van der Waals surface area (Å²) in [5, 5.41) is 3.40. The standard InChI is InChI=1S/C16H18N2S/c1-11-3-6-13(7-4-11)10-18-15-9-12(2)5-8-14(15)16(17)19/h3-9,18H,10H2,1-2H3,(H2,17,19). The molecule has 0 amide bonds. The molecule has 2 nitrogen and oxygen atoms in total. The van der Waals surface area contributed by atoms with Gasteiger partial charge in [0.05, 0.1) is 0 Å². The molecule has 3 heteroatoms. The van der Waals surface area contributed by atoms with E-state index in [1.54, 1.807) is 0 Å². The van der Waals surface area contributed by atoms with Crippen molar-refractivity contribution in [2.75, 3.05) is 5.32 Å². The first-order chi connectivity index (χ1) is 9.06. The maximum absolute atomic E-state index is 5.74. The number of thiocarbonyl (C=S) groups is 1. The Morgan fingerprint density at radius 1 is 1.05 bits per heavy atom. The van der Waals surface area contributed by atoms with Crippen LogP contribution in [0, 0.1) is 13.8 Å². The number of nitrogens with one attached hydrogen (secondary N) is 1. The second-order valence-electron chi connectivity index (χ2n) is 4.75. The fourth-order valence-electron chi connectivity index (χ4n) is 1.92. The zero-order valence-corrected chi connectivity index (χ0v) is 12.1. The van der Waals surface area contributed by atoms with Crippen LogP contribution < -0.4 is 11.1 Å². The third kappa shape index (κ3) is 3.55. The van der Waals surface area contributed by atoms with Crippen molar-refractivity contribution < 1.29 is 0 Å². The number of aryl methyl sites for hydroxylation is 2. The van der Waals surface area contributed by atoms with E-state index >= 15 is 0 Å². The normalized spacial score (nSPS) is 10.2. The van der Waals surface area contributed by atoms with Crippen LogP contribution in [-0.4, -0.2) is 4.99 Å². The van der Waals surface area contributed by atoms with Crippen molar-refractivity contribution in [3.8, 4) is 0 Å². The molecule has 0 aliphatic heterocycles. The van der Waals surface area contributed by atoms with Gasteiger partial charge in [-0.2, -0.15) is 0 Å². The molecule has 0 saturated carbocycles. The third-order valence-electron chi connectivity index (χ3n) is 3.04. The van der Waals surface area contributed by atoms with E-state index in [9.17, 15) is 0 Å². The SMILES string of the molecule is Cc1ccc(CNc2cc(C)ccc2C(N)=S)cc1. The third-order valence-corrected chi connectivity index (χ3v) is 3.26. The largest absolute Gasteiger partial charge is 0.389 e. The van der Waals surface area contributed by atoms with Gasteiger partial charge in [-0.15, -0.1) is 0 Å². The molecule has 19 heavy (non-hydrogen) atoms. The highest BCUT2D eigenvalue weighted by Crippen LogP contribution is 2.18. The van der Waals surface area contributed by atoms with Gasteiger partial charge >= 0.3 is 0 Å². The van der Waals surface area contributed by atoms with E-state index < -0.39 is 0 Å². The summed E-state index contributed by atoms with van der Waals surface area (Å²) in [4.78, 5) is 0.423. The molecule has 0 radical (unpaired) electrons. The summed E-state index contributed by atoms with van der Waals surface area (Å²) in [6.07, 6.45) is 0. The molecule has 0 heterocycles. The highest BCUT2D eigenvalue weighted by Gasteiger charge is 2.05. The van der Waals surface area contributed by atoms with Crippen molar-refractivity contribution in [3.63, 3.8) is 0 Å². The monoisotopic (exact) mass is 270 g/mol. The Kier molecular flexibility index (Phi) is 4.17. The van der Waals surface area contributed by atoms with Gasteiger partial charge in [0.1, 0.15) is 4.99 Å². The molecule has 0 aromatic heterocycles. The van der Waals surface area contributed by atoms with Gasteiger partial charge in [0.25, 0.3) is 0 Å². The molecule has 0 aliphatic rings. The van der Waals surface area contributed by atoms with Crippen LogP contribution in [-0.2, 0) is 6.54 Å². The van der Waals surface area contributed by atoms with Gasteiger partial charge < -0.3 is 11.1 Å². The number of rotatable bonds is 4. The molecule has 2 rings (SSSR count). The fraction of sp³-hybridized carbons (Fsp3) is 0.188. The maximum atomic E-state index is 5.74. The van der Waals surface area contributed by atoms with Crippen molar-refractivity contribution in [3.05, 3.63) is 64.7 Å². The van der Waals surface area contributed by atoms with E-state index in [-0.39, 0.29) is 0 Å². The second-order valence-corrected chi connectivity index (χ2v) is 5.19. The average Bonchev–Trinajstić information content (AvgIpc) is 2.38. The van der Waals surface area contributed by atoms with E-state index in [4.69, 9.17) is 18.0 Å². The van der Waals surface area contributed by atoms with Gasteiger partial charge in [0.15, 0.2) is 0 Å². The summed E-state index contributed by atoms with van der Waals surface area (Å²) >= 11 is 5.08. The highest BCUT2D eigenvalue weighted by molar-refractivity contribution is 7.80. The van der Waals surface area contributed by atoms with Crippen LogP contribution in [0.3, 0.4) is 0 Å². The highest BCUT2D eigenvalue weighted by atomic mass is 32.1. The summed E-state index contributed by atoms with van der Waals surface area (Å²) in [6, 6.07) is 14.5. The number of hydrogen-bond acceptors (Lipinski definition) is 2. The summed E-state index contributed by atoms with van der Waals surface area (Å²) in [5.41, 5.74) is 11.3. The lowest BCUT2D eigenvalue weighted by Gasteiger charge is -2.12. The Bertz CT molecular complexity index is 588. The summed E-state index contributed by atoms with van der Waals surface area (Å²) < 4.78 is 0. The van der Waals surface area contributed by atoms with Gasteiger partial charge in [-0.3, -0.25) is 0 Å². The van der Waals surface area contributed by atoms with Crippen LogP contribution in [0.2, 0.25) is 0 Å². The van der Waals surface area contributed by atoms with Crippen LogP contribution in [0.25, 0.3) is 0 Å². The maximum Gasteiger partial charge on any atom is 0.106 e. The molecule has 0 unspecified atom stereocenters. The lowest BCUT2D eigenvalue weighted by Crippen LogP contribution is -2.13. The molecule has 0 spiro atoms. The number of benzene rings is 2. The van der Waals surface area contributed by atoms with E-state index in [2.05, 4.69) is 49.5 Å². The van der Waals surface area contributed by atoms with Crippen LogP contribution in [0.15, 0.2) is 42.5 Å². The van der Waals surface area contributed by atoms with Gasteiger partial charge in [-0.25, -0.2) is 0 Å². The fourth-order valence-corrected chi connectivity index (χ4v) is 2.10. The zero-order chi connectivity index (χ0) is 13.8. The number of anilines is 1. The summed E-state index contributed by atoms with van der Waals surface area (Å²) in [6.45, 7) is 4.91. The van der Waals surface area contributed by atoms with E-state index in [1.165, 1.54) is 16.7 Å². The minimum atomic E-state index is 0.423. The molecule has 0 fully saturated rings. The van der Waals surface area contributed by atoms with Crippen molar-refractivity contribution in [2.24, 2.45) is 5.73 Å². The zero-order valence-electron chi connectivity index (χ0n) is 11.2. The van der Waals surface area contributed by atoms with Crippen LogP contribution >= 0.6 is 12.2 Å². The van der Waals surface area contributed by atoms with Gasteiger partial charge in [-0.1, -0.05) is 48.1 Å². The topological polar surface area (TPSA) is 38.0 Å². The Labute approximate surface area is 119 Å². The van der Waals surface area contributed by atoms with Crippen molar-refractivity contribution in [1.82, 2.24) is 0 Å². The van der Waals surface area contributed by atoms with Crippen LogP contribution in [0.4, 0.5) is 5.69 Å². The van der Waals surface area contributed by atoms with Gasteiger partial charge in [-0.05, 0) is 37.1 Å². The second kappa shape index (κ2) is 5.85. The smallest absolute Gasteiger partial charge is 0.106 e. The summed E-state index contributed by atoms with van der Waals surface area (Å²) in [7, 11) is 0. The molecule has 0 bridgehead atoms. The lowest BCUT2D eigenvalue weighted by atomic mass is 10.1. The van der Waals surface area contributed by atoms with Crippen molar-refractivity contribution >= 4 is 22.9 Å². The number of hydrogen-bond donors (Lipinski definition) is 2. The molecular formula is C16H18N2S. The molecule has 2 aromatic rings. The average molecular weight is 270 g/mol. The molecule has 98 valence electrons. The van der Waals surface area contributed by atoms with Crippen molar-refractivity contribution in [2.45, 2.75) is 20.4 Å². The van der Waals surface area contributed by atoms with Gasteiger partial charge in [0.2, 0.25) is 0 Å². The van der Waals surface area contributed by atoms with E-state index in [1.807, 2.05) is 12.1 Å². The molecule has 0 atom stereocenters. The minimum absolute atomic E-state index is 0.423. The number of nitrogens with two attached hydrogens (primary N) is 1. The van der Waals surface area contributed by atoms with Gasteiger partial charge in [0, 0.05) is 17.8 Å². The minimum Gasteiger partial charge on any atom is -0.389 e. The Morgan fingerprint density at radius 3 is 2.32 bits per heavy atom. The predicted molar refractivity (Wildman–Crippen MR) is 85.6 cm³/mol. The van der Waals surface area contributed by atoms with Crippen LogP contribution in [0.1, 0.15) is 22.3 Å². The van der Waals surface area contributed by atoms with E-state index in [0.29, 0.717) is 4.99 Å². The predicted octanol–water partition coefficient (Wildman–Crippen LogP) is 3.55. The molecule has 3 N–H and O–H groups in total. The van der Waals surface area contributed by atoms with E-state index in [0.717, 1.165) is 17.8 Å². The van der Waals surface area contributed by atoms with Crippen molar-refractivity contribution in [1.29, 1.82) is 0 Å². The first kappa shape index (κ1) is 13.6. The first-order valence-corrected chi connectivity index (χ1v) is 6.67. The Balaban J connectivity index is 2.16. The Hall–Kier alpha value is -1.87. The quantitative estimate of drug-likeness (QED) is 0.834. The lowest BCUT2D eigenvalue weighted by molar-refractivity contribution is 1.14. The summed E-state index contributed by atoms with van der Waals surface area (Å²) in [5.74, 6) is 0. The molecule has 0 saturated heterocycles.